The number of hydrogen-bond acceptors (Lipinski definition) is 7. The Morgan fingerprint density at radius 3 is 2.50 bits per heavy atom. The van der Waals surface area contributed by atoms with Gasteiger partial charge < -0.3 is 14.6 Å². The molecule has 0 saturated heterocycles. The van der Waals surface area contributed by atoms with E-state index in [2.05, 4.69) is 0 Å². The lowest BCUT2D eigenvalue weighted by atomic mass is 10.3. The van der Waals surface area contributed by atoms with Gasteiger partial charge in [-0.2, -0.15) is 0 Å². The number of carbonyl (C=O) groups is 1. The maximum Gasteiger partial charge on any atom is 0.344 e. The molecule has 126 valence electrons. The summed E-state index contributed by atoms with van der Waals surface area (Å²) in [6.45, 7) is 1.47. The fraction of sp³-hybridized carbons (Fsp3) is 0.188. The molecule has 0 fully saturated rings. The van der Waals surface area contributed by atoms with Crippen molar-refractivity contribution in [3.8, 4) is 11.5 Å². The molecule has 0 heterocycles. The average Bonchev–Trinajstić information content (AvgIpc) is 2.55. The predicted molar refractivity (Wildman–Crippen MR) is 87.5 cm³/mol. The number of aromatic hydroxyl groups is 1. The Morgan fingerprint density at radius 1 is 1.21 bits per heavy atom. The van der Waals surface area contributed by atoms with Crippen molar-refractivity contribution in [1.82, 2.24) is 0 Å². The van der Waals surface area contributed by atoms with E-state index in [-0.39, 0.29) is 23.8 Å². The number of benzene rings is 2. The van der Waals surface area contributed by atoms with Crippen LogP contribution in [0.4, 0.5) is 5.69 Å². The number of carbonyl (C=O) groups excluding carboxylic acids is 1. The Labute approximate surface area is 142 Å². The third kappa shape index (κ3) is 4.88. The summed E-state index contributed by atoms with van der Waals surface area (Å²) in [7, 11) is 0. The second-order valence-electron chi connectivity index (χ2n) is 4.58. The molecule has 8 heteroatoms. The second-order valence-corrected chi connectivity index (χ2v) is 5.72. The third-order valence-corrected chi connectivity index (χ3v) is 3.85. The molecule has 0 aliphatic heterocycles. The average molecular weight is 349 g/mol. The van der Waals surface area contributed by atoms with Crippen molar-refractivity contribution < 1.29 is 24.3 Å². The van der Waals surface area contributed by atoms with Crippen molar-refractivity contribution in [3.05, 3.63) is 52.6 Å². The summed E-state index contributed by atoms with van der Waals surface area (Å²) in [5.41, 5.74) is -0.227. The minimum Gasteiger partial charge on any atom is -0.508 e. The van der Waals surface area contributed by atoms with E-state index < -0.39 is 17.5 Å². The lowest BCUT2D eigenvalue weighted by molar-refractivity contribution is -0.385. The van der Waals surface area contributed by atoms with Crippen LogP contribution in [0.25, 0.3) is 0 Å². The SMILES string of the molecule is CCOC(=O)COc1cc(Sc2ccc(O)cc2)ccc1[N+](=O)[O-]. The summed E-state index contributed by atoms with van der Waals surface area (Å²) in [4.78, 5) is 23.4. The van der Waals surface area contributed by atoms with Crippen LogP contribution in [0.15, 0.2) is 52.3 Å². The molecule has 2 aromatic carbocycles. The van der Waals surface area contributed by atoms with Gasteiger partial charge in [0.2, 0.25) is 0 Å². The molecule has 1 N–H and O–H groups in total. The minimum atomic E-state index is -0.594. The van der Waals surface area contributed by atoms with Crippen LogP contribution in [0, 0.1) is 10.1 Å². The second kappa shape index (κ2) is 8.21. The van der Waals surface area contributed by atoms with E-state index in [4.69, 9.17) is 9.47 Å². The van der Waals surface area contributed by atoms with Crippen LogP contribution in [0.2, 0.25) is 0 Å². The molecule has 0 aromatic heterocycles. The van der Waals surface area contributed by atoms with Gasteiger partial charge in [0.15, 0.2) is 12.4 Å². The van der Waals surface area contributed by atoms with E-state index >= 15 is 0 Å². The van der Waals surface area contributed by atoms with E-state index in [1.54, 1.807) is 37.3 Å². The van der Waals surface area contributed by atoms with Crippen molar-refractivity contribution >= 4 is 23.4 Å². The number of nitro benzene ring substituents is 1. The summed E-state index contributed by atoms with van der Waals surface area (Å²) >= 11 is 1.35. The van der Waals surface area contributed by atoms with Crippen LogP contribution in [0.1, 0.15) is 6.92 Å². The maximum atomic E-state index is 11.4. The van der Waals surface area contributed by atoms with Gasteiger partial charge in [-0.3, -0.25) is 10.1 Å². The minimum absolute atomic E-state index is 0.00293. The van der Waals surface area contributed by atoms with Gasteiger partial charge >= 0.3 is 11.7 Å². The number of nitrogens with zero attached hydrogens (tertiary/aromatic N) is 1. The molecule has 0 atom stereocenters. The maximum absolute atomic E-state index is 11.4. The van der Waals surface area contributed by atoms with Gasteiger partial charge in [0.1, 0.15) is 5.75 Å². The van der Waals surface area contributed by atoms with Crippen LogP contribution in [-0.2, 0) is 9.53 Å². The van der Waals surface area contributed by atoms with Gasteiger partial charge in [0, 0.05) is 21.9 Å². The summed E-state index contributed by atoms with van der Waals surface area (Å²) in [5.74, 6) is -0.443. The monoisotopic (exact) mass is 349 g/mol. The Kier molecular flexibility index (Phi) is 6.02. The molecule has 0 bridgehead atoms. The zero-order chi connectivity index (χ0) is 17.5. The van der Waals surface area contributed by atoms with E-state index in [0.29, 0.717) is 4.90 Å². The highest BCUT2D eigenvalue weighted by Crippen LogP contribution is 2.35. The molecule has 7 nitrogen and oxygen atoms in total. The van der Waals surface area contributed by atoms with Crippen LogP contribution >= 0.6 is 11.8 Å². The zero-order valence-corrected chi connectivity index (χ0v) is 13.6. The summed E-state index contributed by atoms with van der Waals surface area (Å²) in [6, 6.07) is 10.9. The lowest BCUT2D eigenvalue weighted by Gasteiger charge is -2.08. The molecule has 24 heavy (non-hydrogen) atoms. The van der Waals surface area contributed by atoms with E-state index in [0.717, 1.165) is 4.90 Å². The molecule has 0 saturated carbocycles. The van der Waals surface area contributed by atoms with Gasteiger partial charge in [-0.15, -0.1) is 0 Å². The predicted octanol–water partition coefficient (Wildman–Crippen LogP) is 3.39. The van der Waals surface area contributed by atoms with E-state index in [1.165, 1.54) is 23.9 Å². The molecule has 0 aliphatic rings. The van der Waals surface area contributed by atoms with Gasteiger partial charge in [-0.05, 0) is 37.3 Å². The highest BCUT2D eigenvalue weighted by atomic mass is 32.2. The molecule has 0 radical (unpaired) electrons. The third-order valence-electron chi connectivity index (χ3n) is 2.85. The highest BCUT2D eigenvalue weighted by Gasteiger charge is 2.17. The number of rotatable bonds is 7. The fourth-order valence-corrected chi connectivity index (χ4v) is 2.66. The number of hydrogen-bond donors (Lipinski definition) is 1. The van der Waals surface area contributed by atoms with Crippen molar-refractivity contribution in [1.29, 1.82) is 0 Å². The number of phenols is 1. The Morgan fingerprint density at radius 2 is 1.88 bits per heavy atom. The Bertz CT molecular complexity index is 732. The summed E-state index contributed by atoms with van der Waals surface area (Å²) in [6.07, 6.45) is 0. The van der Waals surface area contributed by atoms with Gasteiger partial charge in [-0.25, -0.2) is 4.79 Å². The lowest BCUT2D eigenvalue weighted by Crippen LogP contribution is -2.15. The van der Waals surface area contributed by atoms with E-state index in [1.807, 2.05) is 0 Å². The van der Waals surface area contributed by atoms with Crippen LogP contribution in [-0.4, -0.2) is 29.2 Å². The molecular weight excluding hydrogens is 334 g/mol. The van der Waals surface area contributed by atoms with Crippen molar-refractivity contribution in [2.45, 2.75) is 16.7 Å². The molecule has 0 aliphatic carbocycles. The first-order valence-electron chi connectivity index (χ1n) is 7.03. The fourth-order valence-electron chi connectivity index (χ4n) is 1.81. The largest absolute Gasteiger partial charge is 0.508 e. The molecule has 0 amide bonds. The number of esters is 1. The zero-order valence-electron chi connectivity index (χ0n) is 12.8. The quantitative estimate of drug-likeness (QED) is 0.464. The van der Waals surface area contributed by atoms with Crippen molar-refractivity contribution in [3.63, 3.8) is 0 Å². The molecular formula is C16H15NO6S. The normalized spacial score (nSPS) is 10.2. The number of ether oxygens (including phenoxy) is 2. The molecule has 2 aromatic rings. The molecule has 0 spiro atoms. The summed E-state index contributed by atoms with van der Waals surface area (Å²) in [5, 5.41) is 20.4. The van der Waals surface area contributed by atoms with Crippen molar-refractivity contribution in [2.75, 3.05) is 13.2 Å². The Hall–Kier alpha value is -2.74. The Balaban J connectivity index is 2.18. The van der Waals surface area contributed by atoms with Crippen LogP contribution < -0.4 is 4.74 Å². The first-order chi connectivity index (χ1) is 11.5. The highest BCUT2D eigenvalue weighted by molar-refractivity contribution is 7.99. The van der Waals surface area contributed by atoms with Crippen molar-refractivity contribution in [2.24, 2.45) is 0 Å². The summed E-state index contributed by atoms with van der Waals surface area (Å²) < 4.78 is 9.98. The van der Waals surface area contributed by atoms with Gasteiger partial charge in [0.25, 0.3) is 0 Å². The van der Waals surface area contributed by atoms with Gasteiger partial charge in [-0.1, -0.05) is 11.8 Å². The van der Waals surface area contributed by atoms with Crippen LogP contribution in [0.5, 0.6) is 11.5 Å². The topological polar surface area (TPSA) is 98.9 Å². The first kappa shape index (κ1) is 17.6. The first-order valence-corrected chi connectivity index (χ1v) is 7.85. The standard InChI is InChI=1S/C16H15NO6S/c1-2-22-16(19)10-23-15-9-13(7-8-14(15)17(20)21)24-12-5-3-11(18)4-6-12/h3-9,18H,2,10H2,1H3. The number of nitro groups is 1. The van der Waals surface area contributed by atoms with E-state index in [9.17, 15) is 20.0 Å². The molecule has 2 rings (SSSR count). The number of phenolic OH excluding ortho intramolecular Hbond substituents is 1. The smallest absolute Gasteiger partial charge is 0.344 e. The van der Waals surface area contributed by atoms with Crippen LogP contribution in [0.3, 0.4) is 0 Å². The van der Waals surface area contributed by atoms with Gasteiger partial charge in [0.05, 0.1) is 11.5 Å². The molecule has 0 unspecified atom stereocenters.